The fraction of sp³-hybridized carbons (Fsp3) is 0.174. The first kappa shape index (κ1) is 19.3. The van der Waals surface area contributed by atoms with E-state index in [4.69, 9.17) is 0 Å². The largest absolute Gasteiger partial charge is 0.347 e. The van der Waals surface area contributed by atoms with Gasteiger partial charge in [0.25, 0.3) is 11.8 Å². The second kappa shape index (κ2) is 8.48. The topological polar surface area (TPSA) is 71.1 Å². The Morgan fingerprint density at radius 1 is 0.857 bits per heavy atom. The zero-order valence-corrected chi connectivity index (χ0v) is 16.2. The second-order valence-corrected chi connectivity index (χ2v) is 6.85. The molecule has 1 aromatic heterocycles. The number of amides is 2. The van der Waals surface area contributed by atoms with E-state index in [9.17, 15) is 9.59 Å². The third-order valence-electron chi connectivity index (χ3n) is 4.59. The Morgan fingerprint density at radius 3 is 2.32 bits per heavy atom. The highest BCUT2D eigenvalue weighted by Gasteiger charge is 2.12. The molecule has 5 heteroatoms. The summed E-state index contributed by atoms with van der Waals surface area (Å²) in [6.07, 6.45) is 1.47. The van der Waals surface area contributed by atoms with Crippen LogP contribution in [0, 0.1) is 20.8 Å². The van der Waals surface area contributed by atoms with E-state index in [1.165, 1.54) is 17.8 Å². The van der Waals surface area contributed by atoms with Gasteiger partial charge in [0.1, 0.15) is 5.69 Å². The van der Waals surface area contributed by atoms with E-state index >= 15 is 0 Å². The number of carbonyl (C=O) groups is 2. The highest BCUT2D eigenvalue weighted by Crippen LogP contribution is 2.15. The summed E-state index contributed by atoms with van der Waals surface area (Å²) in [6, 6.07) is 16.8. The molecule has 0 saturated carbocycles. The number of benzene rings is 2. The molecule has 0 saturated heterocycles. The molecular formula is C23H23N3O2. The van der Waals surface area contributed by atoms with Gasteiger partial charge >= 0.3 is 0 Å². The molecule has 2 N–H and O–H groups in total. The molecule has 0 aliphatic carbocycles. The van der Waals surface area contributed by atoms with Crippen molar-refractivity contribution < 1.29 is 9.59 Å². The van der Waals surface area contributed by atoms with Crippen molar-refractivity contribution in [2.45, 2.75) is 27.3 Å². The SMILES string of the molecule is Cc1ccc(CNC(=O)c2cc(C(=O)Nc3ccc(C)c(C)c3)ccn2)cc1. The molecule has 0 atom stereocenters. The predicted octanol–water partition coefficient (Wildman–Crippen LogP) is 4.19. The van der Waals surface area contributed by atoms with Gasteiger partial charge in [0.05, 0.1) is 0 Å². The number of nitrogens with zero attached hydrogens (tertiary/aromatic N) is 1. The van der Waals surface area contributed by atoms with E-state index in [0.717, 1.165) is 22.4 Å². The third kappa shape index (κ3) is 4.82. The molecule has 0 unspecified atom stereocenters. The van der Waals surface area contributed by atoms with Crippen molar-refractivity contribution in [2.75, 3.05) is 5.32 Å². The summed E-state index contributed by atoms with van der Waals surface area (Å²) < 4.78 is 0. The van der Waals surface area contributed by atoms with Gasteiger partial charge in [0.2, 0.25) is 0 Å². The smallest absolute Gasteiger partial charge is 0.270 e. The summed E-state index contributed by atoms with van der Waals surface area (Å²) in [4.78, 5) is 29.0. The number of hydrogen-bond donors (Lipinski definition) is 2. The monoisotopic (exact) mass is 373 g/mol. The average molecular weight is 373 g/mol. The number of pyridine rings is 1. The maximum atomic E-state index is 12.5. The van der Waals surface area contributed by atoms with Crippen molar-refractivity contribution in [3.05, 3.63) is 94.3 Å². The maximum absolute atomic E-state index is 12.5. The molecule has 142 valence electrons. The first-order valence-electron chi connectivity index (χ1n) is 9.11. The Morgan fingerprint density at radius 2 is 1.61 bits per heavy atom. The number of aryl methyl sites for hydroxylation is 3. The Labute approximate surface area is 164 Å². The lowest BCUT2D eigenvalue weighted by Crippen LogP contribution is -2.24. The van der Waals surface area contributed by atoms with Gasteiger partial charge in [-0.3, -0.25) is 14.6 Å². The molecule has 0 fully saturated rings. The molecule has 0 radical (unpaired) electrons. The minimum absolute atomic E-state index is 0.208. The molecule has 2 aromatic carbocycles. The van der Waals surface area contributed by atoms with Crippen LogP contribution in [0.25, 0.3) is 0 Å². The molecule has 0 aliphatic rings. The average Bonchev–Trinajstić information content (AvgIpc) is 2.70. The third-order valence-corrected chi connectivity index (χ3v) is 4.59. The molecule has 0 spiro atoms. The molecule has 1 heterocycles. The van der Waals surface area contributed by atoms with Crippen LogP contribution >= 0.6 is 0 Å². The molecule has 0 aliphatic heterocycles. The molecule has 3 rings (SSSR count). The van der Waals surface area contributed by atoms with Gasteiger partial charge in [-0.25, -0.2) is 0 Å². The summed E-state index contributed by atoms with van der Waals surface area (Å²) in [7, 11) is 0. The van der Waals surface area contributed by atoms with E-state index < -0.39 is 0 Å². The number of carbonyl (C=O) groups excluding carboxylic acids is 2. The Bertz CT molecular complexity index is 1010. The van der Waals surface area contributed by atoms with Gasteiger partial charge in [-0.1, -0.05) is 35.9 Å². The first-order valence-corrected chi connectivity index (χ1v) is 9.11. The van der Waals surface area contributed by atoms with Crippen molar-refractivity contribution in [1.82, 2.24) is 10.3 Å². The standard InChI is InChI=1S/C23H23N3O2/c1-15-4-7-18(8-5-15)14-25-23(28)21-13-19(10-11-24-21)22(27)26-20-9-6-16(2)17(3)12-20/h4-13H,14H2,1-3H3,(H,25,28)(H,26,27). The van der Waals surface area contributed by atoms with Crippen LogP contribution in [0.4, 0.5) is 5.69 Å². The second-order valence-electron chi connectivity index (χ2n) is 6.85. The normalized spacial score (nSPS) is 10.4. The zero-order chi connectivity index (χ0) is 20.1. The number of hydrogen-bond acceptors (Lipinski definition) is 3. The summed E-state index contributed by atoms with van der Waals surface area (Å²) >= 11 is 0. The van der Waals surface area contributed by atoms with Crippen LogP contribution in [-0.4, -0.2) is 16.8 Å². The lowest BCUT2D eigenvalue weighted by atomic mass is 10.1. The highest BCUT2D eigenvalue weighted by molar-refractivity contribution is 6.05. The van der Waals surface area contributed by atoms with Crippen LogP contribution in [0.1, 0.15) is 43.1 Å². The number of nitrogens with one attached hydrogen (secondary N) is 2. The van der Waals surface area contributed by atoms with Gasteiger partial charge < -0.3 is 10.6 Å². The maximum Gasteiger partial charge on any atom is 0.270 e. The van der Waals surface area contributed by atoms with Crippen molar-refractivity contribution in [1.29, 1.82) is 0 Å². The highest BCUT2D eigenvalue weighted by atomic mass is 16.2. The number of aromatic nitrogens is 1. The Balaban J connectivity index is 1.66. The van der Waals surface area contributed by atoms with Crippen LogP contribution in [0.3, 0.4) is 0 Å². The molecule has 5 nitrogen and oxygen atoms in total. The van der Waals surface area contributed by atoms with E-state index in [1.54, 1.807) is 6.07 Å². The summed E-state index contributed by atoms with van der Waals surface area (Å²) in [5.74, 6) is -0.598. The van der Waals surface area contributed by atoms with Gasteiger partial charge in [-0.2, -0.15) is 0 Å². The number of anilines is 1. The van der Waals surface area contributed by atoms with Crippen molar-refractivity contribution in [3.8, 4) is 0 Å². The summed E-state index contributed by atoms with van der Waals surface area (Å²) in [6.45, 7) is 6.43. The number of rotatable bonds is 5. The van der Waals surface area contributed by atoms with Crippen molar-refractivity contribution in [2.24, 2.45) is 0 Å². The molecule has 2 amide bonds. The van der Waals surface area contributed by atoms with E-state index in [0.29, 0.717) is 12.1 Å². The van der Waals surface area contributed by atoms with Crippen LogP contribution in [0.5, 0.6) is 0 Å². The quantitative estimate of drug-likeness (QED) is 0.704. The fourth-order valence-electron chi connectivity index (χ4n) is 2.70. The summed E-state index contributed by atoms with van der Waals surface area (Å²) in [5, 5.41) is 5.69. The minimum Gasteiger partial charge on any atom is -0.347 e. The van der Waals surface area contributed by atoms with Crippen LogP contribution in [0.15, 0.2) is 60.8 Å². The first-order chi connectivity index (χ1) is 13.4. The van der Waals surface area contributed by atoms with Gasteiger partial charge in [-0.05, 0) is 61.7 Å². The molecule has 28 heavy (non-hydrogen) atoms. The summed E-state index contributed by atoms with van der Waals surface area (Å²) in [5.41, 5.74) is 5.74. The van der Waals surface area contributed by atoms with Crippen LogP contribution in [-0.2, 0) is 6.54 Å². The lowest BCUT2D eigenvalue weighted by Gasteiger charge is -2.09. The van der Waals surface area contributed by atoms with Gasteiger partial charge in [-0.15, -0.1) is 0 Å². The zero-order valence-electron chi connectivity index (χ0n) is 16.2. The van der Waals surface area contributed by atoms with Crippen molar-refractivity contribution in [3.63, 3.8) is 0 Å². The Hall–Kier alpha value is -3.47. The van der Waals surface area contributed by atoms with Crippen LogP contribution in [0.2, 0.25) is 0 Å². The molecular weight excluding hydrogens is 350 g/mol. The predicted molar refractivity (Wildman–Crippen MR) is 110 cm³/mol. The minimum atomic E-state index is -0.318. The van der Waals surface area contributed by atoms with Crippen molar-refractivity contribution >= 4 is 17.5 Å². The van der Waals surface area contributed by atoms with E-state index in [1.807, 2.05) is 63.2 Å². The Kier molecular flexibility index (Phi) is 5.84. The van der Waals surface area contributed by atoms with E-state index in [-0.39, 0.29) is 17.5 Å². The van der Waals surface area contributed by atoms with E-state index in [2.05, 4.69) is 15.6 Å². The lowest BCUT2D eigenvalue weighted by molar-refractivity contribution is 0.0946. The van der Waals surface area contributed by atoms with Crippen LogP contribution < -0.4 is 10.6 Å². The molecule has 3 aromatic rings. The fourth-order valence-corrected chi connectivity index (χ4v) is 2.70. The molecule has 0 bridgehead atoms. The van der Waals surface area contributed by atoms with Gasteiger partial charge in [0.15, 0.2) is 0 Å². The van der Waals surface area contributed by atoms with Gasteiger partial charge in [0, 0.05) is 24.0 Å².